The minimum Gasteiger partial charge on any atom is -0.491 e. The lowest BCUT2D eigenvalue weighted by Crippen LogP contribution is -2.16. The standard InChI is InChI=1S/C23H25N3O3/c1-16-21(17-11-12-17)25-26(19-8-4-3-5-9-19)22(16)24-23(27)18-7-6-10-20(15-18)29-14-13-28-2/h3-10,15,17H,11-14H2,1-2H3,(H,24,27). The Labute approximate surface area is 170 Å². The topological polar surface area (TPSA) is 65.4 Å². The lowest BCUT2D eigenvalue weighted by Gasteiger charge is -2.11. The van der Waals surface area contributed by atoms with Crippen molar-refractivity contribution in [2.75, 3.05) is 25.6 Å². The summed E-state index contributed by atoms with van der Waals surface area (Å²) in [5.41, 5.74) is 3.56. The van der Waals surface area contributed by atoms with E-state index in [1.807, 2.05) is 54.1 Å². The fourth-order valence-electron chi connectivity index (χ4n) is 3.31. The summed E-state index contributed by atoms with van der Waals surface area (Å²) in [6.45, 7) is 2.96. The Morgan fingerprint density at radius 1 is 1.14 bits per heavy atom. The van der Waals surface area contributed by atoms with Crippen molar-refractivity contribution < 1.29 is 14.3 Å². The summed E-state index contributed by atoms with van der Waals surface area (Å²) in [6, 6.07) is 17.0. The molecule has 1 amide bonds. The van der Waals surface area contributed by atoms with Crippen LogP contribution in [0.1, 0.15) is 40.4 Å². The monoisotopic (exact) mass is 391 g/mol. The van der Waals surface area contributed by atoms with Gasteiger partial charge in [-0.3, -0.25) is 4.79 Å². The van der Waals surface area contributed by atoms with Gasteiger partial charge >= 0.3 is 0 Å². The van der Waals surface area contributed by atoms with Crippen molar-refractivity contribution in [2.24, 2.45) is 0 Å². The molecule has 6 heteroatoms. The number of rotatable bonds is 8. The van der Waals surface area contributed by atoms with Crippen molar-refractivity contribution in [3.05, 3.63) is 71.4 Å². The molecule has 0 atom stereocenters. The van der Waals surface area contributed by atoms with Crippen molar-refractivity contribution in [1.82, 2.24) is 9.78 Å². The number of nitrogens with zero attached hydrogens (tertiary/aromatic N) is 2. The number of ether oxygens (including phenoxy) is 2. The van der Waals surface area contributed by atoms with Gasteiger partial charge in [0.1, 0.15) is 18.2 Å². The molecule has 0 bridgehead atoms. The number of methoxy groups -OCH3 is 1. The molecule has 1 N–H and O–H groups in total. The van der Waals surface area contributed by atoms with Crippen molar-refractivity contribution in [3.8, 4) is 11.4 Å². The Morgan fingerprint density at radius 2 is 1.93 bits per heavy atom. The van der Waals surface area contributed by atoms with Crippen LogP contribution in [0.25, 0.3) is 5.69 Å². The summed E-state index contributed by atoms with van der Waals surface area (Å²) in [7, 11) is 1.63. The van der Waals surface area contributed by atoms with Crippen LogP contribution in [-0.4, -0.2) is 36.0 Å². The average molecular weight is 391 g/mol. The van der Waals surface area contributed by atoms with Crippen LogP contribution in [0.2, 0.25) is 0 Å². The Morgan fingerprint density at radius 3 is 2.66 bits per heavy atom. The molecule has 1 heterocycles. The molecule has 2 aromatic carbocycles. The van der Waals surface area contributed by atoms with Crippen molar-refractivity contribution in [2.45, 2.75) is 25.7 Å². The third-order valence-corrected chi connectivity index (χ3v) is 5.01. The molecule has 1 saturated carbocycles. The third kappa shape index (κ3) is 4.32. The van der Waals surface area contributed by atoms with Gasteiger partial charge in [-0.2, -0.15) is 5.10 Å². The number of nitrogens with one attached hydrogen (secondary N) is 1. The quantitative estimate of drug-likeness (QED) is 0.580. The zero-order chi connectivity index (χ0) is 20.2. The van der Waals surface area contributed by atoms with Gasteiger partial charge in [0, 0.05) is 24.2 Å². The van der Waals surface area contributed by atoms with Crippen molar-refractivity contribution in [1.29, 1.82) is 0 Å². The highest BCUT2D eigenvalue weighted by molar-refractivity contribution is 6.04. The lowest BCUT2D eigenvalue weighted by atomic mass is 10.1. The molecule has 1 aromatic heterocycles. The Hall–Kier alpha value is -3.12. The van der Waals surface area contributed by atoms with Crippen LogP contribution in [0.4, 0.5) is 5.82 Å². The van der Waals surface area contributed by atoms with E-state index in [-0.39, 0.29) is 5.91 Å². The van der Waals surface area contributed by atoms with Gasteiger partial charge in [-0.05, 0) is 50.1 Å². The maximum absolute atomic E-state index is 13.0. The molecular formula is C23H25N3O3. The van der Waals surface area contributed by atoms with E-state index in [0.717, 1.165) is 29.8 Å². The number of carbonyl (C=O) groups excluding carboxylic acids is 1. The van der Waals surface area contributed by atoms with Gasteiger partial charge in [0.05, 0.1) is 18.0 Å². The van der Waals surface area contributed by atoms with E-state index < -0.39 is 0 Å². The minimum absolute atomic E-state index is 0.190. The molecule has 3 aromatic rings. The zero-order valence-electron chi connectivity index (χ0n) is 16.7. The van der Waals surface area contributed by atoms with Crippen LogP contribution in [0.5, 0.6) is 5.75 Å². The molecule has 1 fully saturated rings. The molecule has 0 unspecified atom stereocenters. The largest absolute Gasteiger partial charge is 0.491 e. The summed E-state index contributed by atoms with van der Waals surface area (Å²) < 4.78 is 12.5. The number of para-hydroxylation sites is 1. The lowest BCUT2D eigenvalue weighted by molar-refractivity contribution is 0.102. The predicted octanol–water partition coefficient (Wildman–Crippen LogP) is 4.34. The number of carbonyl (C=O) groups is 1. The van der Waals surface area contributed by atoms with Gasteiger partial charge in [0.2, 0.25) is 0 Å². The highest BCUT2D eigenvalue weighted by atomic mass is 16.5. The minimum atomic E-state index is -0.190. The Kier molecular flexibility index (Phi) is 5.62. The van der Waals surface area contributed by atoms with Crippen molar-refractivity contribution in [3.63, 3.8) is 0 Å². The van der Waals surface area contributed by atoms with E-state index in [2.05, 4.69) is 5.32 Å². The molecule has 0 aliphatic heterocycles. The van der Waals surface area contributed by atoms with Gasteiger partial charge in [-0.1, -0.05) is 24.3 Å². The second kappa shape index (κ2) is 8.49. The highest BCUT2D eigenvalue weighted by Crippen LogP contribution is 2.43. The van der Waals surface area contributed by atoms with E-state index in [4.69, 9.17) is 14.6 Å². The molecule has 0 saturated heterocycles. The van der Waals surface area contributed by atoms with E-state index in [1.165, 1.54) is 0 Å². The van der Waals surface area contributed by atoms with Gasteiger partial charge < -0.3 is 14.8 Å². The first-order valence-corrected chi connectivity index (χ1v) is 9.85. The van der Waals surface area contributed by atoms with E-state index in [1.54, 1.807) is 19.2 Å². The normalized spacial score (nSPS) is 13.3. The maximum atomic E-state index is 13.0. The summed E-state index contributed by atoms with van der Waals surface area (Å²) >= 11 is 0. The van der Waals surface area contributed by atoms with Crippen LogP contribution >= 0.6 is 0 Å². The summed E-state index contributed by atoms with van der Waals surface area (Å²) in [6.07, 6.45) is 2.31. The molecule has 0 spiro atoms. The average Bonchev–Trinajstić information content (AvgIpc) is 3.54. The van der Waals surface area contributed by atoms with Gasteiger partial charge in [0.25, 0.3) is 5.91 Å². The van der Waals surface area contributed by atoms with Gasteiger partial charge in [-0.15, -0.1) is 0 Å². The second-order valence-electron chi connectivity index (χ2n) is 7.20. The first kappa shape index (κ1) is 19.2. The first-order valence-electron chi connectivity index (χ1n) is 9.85. The highest BCUT2D eigenvalue weighted by Gasteiger charge is 2.31. The van der Waals surface area contributed by atoms with E-state index >= 15 is 0 Å². The SMILES string of the molecule is COCCOc1cccc(C(=O)Nc2c(C)c(C3CC3)nn2-c2ccccc2)c1. The number of amides is 1. The maximum Gasteiger partial charge on any atom is 0.256 e. The fourth-order valence-corrected chi connectivity index (χ4v) is 3.31. The summed E-state index contributed by atoms with van der Waals surface area (Å²) in [4.78, 5) is 13.0. The molecule has 150 valence electrons. The smallest absolute Gasteiger partial charge is 0.256 e. The van der Waals surface area contributed by atoms with Crippen LogP contribution in [-0.2, 0) is 4.74 Å². The second-order valence-corrected chi connectivity index (χ2v) is 7.20. The fraction of sp³-hybridized carbons (Fsp3) is 0.304. The predicted molar refractivity (Wildman–Crippen MR) is 112 cm³/mol. The molecule has 1 aliphatic rings. The third-order valence-electron chi connectivity index (χ3n) is 5.01. The van der Waals surface area contributed by atoms with Crippen molar-refractivity contribution >= 4 is 11.7 Å². The number of hydrogen-bond donors (Lipinski definition) is 1. The number of hydrogen-bond acceptors (Lipinski definition) is 4. The van der Waals surface area contributed by atoms with Crippen LogP contribution in [0.15, 0.2) is 54.6 Å². The first-order chi connectivity index (χ1) is 14.2. The molecular weight excluding hydrogens is 366 g/mol. The van der Waals surface area contributed by atoms with E-state index in [0.29, 0.717) is 36.3 Å². The van der Waals surface area contributed by atoms with Crippen LogP contribution < -0.4 is 10.1 Å². The number of benzene rings is 2. The Balaban J connectivity index is 1.60. The summed E-state index contributed by atoms with van der Waals surface area (Å²) in [5, 5.41) is 7.89. The van der Waals surface area contributed by atoms with Gasteiger partial charge in [-0.25, -0.2) is 4.68 Å². The zero-order valence-corrected chi connectivity index (χ0v) is 16.7. The number of aromatic nitrogens is 2. The summed E-state index contributed by atoms with van der Waals surface area (Å²) in [5.74, 6) is 1.66. The molecule has 1 aliphatic carbocycles. The molecule has 29 heavy (non-hydrogen) atoms. The Bertz CT molecular complexity index is 994. The molecule has 0 radical (unpaired) electrons. The van der Waals surface area contributed by atoms with Crippen LogP contribution in [0.3, 0.4) is 0 Å². The number of anilines is 1. The van der Waals surface area contributed by atoms with E-state index in [9.17, 15) is 4.79 Å². The van der Waals surface area contributed by atoms with Gasteiger partial charge in [0.15, 0.2) is 0 Å². The van der Waals surface area contributed by atoms with Crippen LogP contribution in [0, 0.1) is 6.92 Å². The molecule has 6 nitrogen and oxygen atoms in total. The molecule has 4 rings (SSSR count).